The fourth-order valence-electron chi connectivity index (χ4n) is 5.16. The highest BCUT2D eigenvalue weighted by Crippen LogP contribution is 2.34. The first-order valence-corrected chi connectivity index (χ1v) is 10.0. The van der Waals surface area contributed by atoms with Crippen molar-refractivity contribution < 1.29 is 4.79 Å². The Morgan fingerprint density at radius 3 is 2.04 bits per heavy atom. The standard InChI is InChI=1S/C23H26N2O/c26-23-10-9-17-5-3-4-8-22(17)25(23)20-11-13-24(14-12-20)21-15-18-6-1-2-7-19(18)16-21/h1-8,20-21H,9-16H2. The number of likely N-dealkylation sites (tertiary alicyclic amines) is 1. The van der Waals surface area contributed by atoms with Gasteiger partial charge >= 0.3 is 0 Å². The van der Waals surface area contributed by atoms with Crippen LogP contribution >= 0.6 is 0 Å². The first-order valence-electron chi connectivity index (χ1n) is 10.0. The molecule has 2 aromatic carbocycles. The van der Waals surface area contributed by atoms with Gasteiger partial charge in [0.25, 0.3) is 0 Å². The van der Waals surface area contributed by atoms with Gasteiger partial charge in [-0.3, -0.25) is 9.69 Å². The molecule has 0 saturated carbocycles. The van der Waals surface area contributed by atoms with Crippen molar-refractivity contribution in [2.45, 2.75) is 50.6 Å². The highest BCUT2D eigenvalue weighted by atomic mass is 16.2. The predicted octanol–water partition coefficient (Wildman–Crippen LogP) is 3.60. The summed E-state index contributed by atoms with van der Waals surface area (Å²) < 4.78 is 0. The van der Waals surface area contributed by atoms with E-state index in [1.165, 1.54) is 29.5 Å². The second-order valence-corrected chi connectivity index (χ2v) is 7.99. The summed E-state index contributed by atoms with van der Waals surface area (Å²) in [6, 6.07) is 18.4. The lowest BCUT2D eigenvalue weighted by Gasteiger charge is -2.42. The molecule has 26 heavy (non-hydrogen) atoms. The van der Waals surface area contributed by atoms with Crippen LogP contribution in [-0.2, 0) is 24.1 Å². The summed E-state index contributed by atoms with van der Waals surface area (Å²) in [5, 5.41) is 0. The highest BCUT2D eigenvalue weighted by molar-refractivity contribution is 5.97. The SMILES string of the molecule is O=C1CCc2ccccc2N1C1CCN(C2Cc3ccccc3C2)CC1. The van der Waals surface area contributed by atoms with Crippen molar-refractivity contribution in [3.63, 3.8) is 0 Å². The molecule has 1 fully saturated rings. The van der Waals surface area contributed by atoms with Crippen LogP contribution in [0.2, 0.25) is 0 Å². The summed E-state index contributed by atoms with van der Waals surface area (Å²) in [6.45, 7) is 2.21. The molecule has 0 atom stereocenters. The van der Waals surface area contributed by atoms with Crippen molar-refractivity contribution in [3.8, 4) is 0 Å². The van der Waals surface area contributed by atoms with E-state index < -0.39 is 0 Å². The number of benzene rings is 2. The van der Waals surface area contributed by atoms with Crippen LogP contribution in [0.4, 0.5) is 5.69 Å². The van der Waals surface area contributed by atoms with Crippen LogP contribution in [0.25, 0.3) is 0 Å². The first kappa shape index (κ1) is 16.1. The lowest BCUT2D eigenvalue weighted by molar-refractivity contribution is -0.119. The van der Waals surface area contributed by atoms with Crippen molar-refractivity contribution in [3.05, 3.63) is 65.2 Å². The average molecular weight is 346 g/mol. The minimum atomic E-state index is 0.315. The van der Waals surface area contributed by atoms with E-state index in [-0.39, 0.29) is 0 Å². The fourth-order valence-corrected chi connectivity index (χ4v) is 5.16. The normalized spacial score (nSPS) is 21.7. The smallest absolute Gasteiger partial charge is 0.227 e. The van der Waals surface area contributed by atoms with E-state index in [9.17, 15) is 4.79 Å². The summed E-state index contributed by atoms with van der Waals surface area (Å²) >= 11 is 0. The van der Waals surface area contributed by atoms with Gasteiger partial charge in [-0.15, -0.1) is 0 Å². The summed E-state index contributed by atoms with van der Waals surface area (Å²) in [5.41, 5.74) is 5.55. The van der Waals surface area contributed by atoms with E-state index in [0.717, 1.165) is 38.0 Å². The zero-order valence-corrected chi connectivity index (χ0v) is 15.2. The third kappa shape index (κ3) is 2.75. The molecule has 1 aliphatic carbocycles. The number of hydrogen-bond acceptors (Lipinski definition) is 2. The maximum absolute atomic E-state index is 12.7. The molecule has 3 aliphatic rings. The molecule has 0 radical (unpaired) electrons. The van der Waals surface area contributed by atoms with E-state index in [1.807, 2.05) is 0 Å². The molecule has 2 aromatic rings. The Kier molecular flexibility index (Phi) is 4.05. The van der Waals surface area contributed by atoms with Gasteiger partial charge in [-0.1, -0.05) is 42.5 Å². The first-order chi connectivity index (χ1) is 12.8. The second kappa shape index (κ2) is 6.55. The molecule has 2 heterocycles. The van der Waals surface area contributed by atoms with Gasteiger partial charge in [-0.05, 0) is 54.9 Å². The number of carbonyl (C=O) groups excluding carboxylic acids is 1. The molecular formula is C23H26N2O. The van der Waals surface area contributed by atoms with Gasteiger partial charge in [0, 0.05) is 37.3 Å². The van der Waals surface area contributed by atoms with Gasteiger partial charge in [0.2, 0.25) is 5.91 Å². The van der Waals surface area contributed by atoms with Gasteiger partial charge in [0.05, 0.1) is 0 Å². The Labute approximate surface area is 155 Å². The van der Waals surface area contributed by atoms with Crippen molar-refractivity contribution in [2.75, 3.05) is 18.0 Å². The topological polar surface area (TPSA) is 23.6 Å². The number of carbonyl (C=O) groups is 1. The van der Waals surface area contributed by atoms with E-state index in [1.54, 1.807) is 0 Å². The lowest BCUT2D eigenvalue weighted by atomic mass is 9.94. The monoisotopic (exact) mass is 346 g/mol. The number of piperidine rings is 1. The Morgan fingerprint density at radius 2 is 1.35 bits per heavy atom. The molecule has 0 spiro atoms. The van der Waals surface area contributed by atoms with E-state index in [0.29, 0.717) is 24.4 Å². The Bertz CT molecular complexity index is 797. The zero-order valence-electron chi connectivity index (χ0n) is 15.2. The van der Waals surface area contributed by atoms with Gasteiger partial charge in [-0.2, -0.15) is 0 Å². The van der Waals surface area contributed by atoms with Crippen molar-refractivity contribution in [1.82, 2.24) is 4.90 Å². The zero-order chi connectivity index (χ0) is 17.5. The summed E-state index contributed by atoms with van der Waals surface area (Å²) in [6.07, 6.45) is 6.11. The van der Waals surface area contributed by atoms with Crippen LogP contribution in [0.1, 0.15) is 36.0 Å². The maximum Gasteiger partial charge on any atom is 0.227 e. The second-order valence-electron chi connectivity index (χ2n) is 7.99. The largest absolute Gasteiger partial charge is 0.309 e. The maximum atomic E-state index is 12.7. The summed E-state index contributed by atoms with van der Waals surface area (Å²) in [7, 11) is 0. The number of hydrogen-bond donors (Lipinski definition) is 0. The highest BCUT2D eigenvalue weighted by Gasteiger charge is 2.35. The molecule has 3 nitrogen and oxygen atoms in total. The van der Waals surface area contributed by atoms with Gasteiger partial charge in [-0.25, -0.2) is 0 Å². The van der Waals surface area contributed by atoms with Crippen LogP contribution < -0.4 is 4.90 Å². The van der Waals surface area contributed by atoms with Gasteiger partial charge in [0.15, 0.2) is 0 Å². The third-order valence-electron chi connectivity index (χ3n) is 6.54. The van der Waals surface area contributed by atoms with Crippen LogP contribution in [0, 0.1) is 0 Å². The van der Waals surface area contributed by atoms with Crippen molar-refractivity contribution in [1.29, 1.82) is 0 Å². The Balaban J connectivity index is 1.28. The van der Waals surface area contributed by atoms with Crippen LogP contribution in [0.15, 0.2) is 48.5 Å². The minimum Gasteiger partial charge on any atom is -0.309 e. The number of fused-ring (bicyclic) bond motifs is 2. The number of amides is 1. The molecule has 5 rings (SSSR count). The molecular weight excluding hydrogens is 320 g/mol. The van der Waals surface area contributed by atoms with Gasteiger partial charge in [0.1, 0.15) is 0 Å². The van der Waals surface area contributed by atoms with Gasteiger partial charge < -0.3 is 4.90 Å². The predicted molar refractivity (Wildman–Crippen MR) is 104 cm³/mol. The molecule has 2 aliphatic heterocycles. The van der Waals surface area contributed by atoms with Crippen LogP contribution in [0.3, 0.4) is 0 Å². The van der Waals surface area contributed by atoms with E-state index in [4.69, 9.17) is 0 Å². The number of aryl methyl sites for hydroxylation is 1. The number of nitrogens with zero attached hydrogens (tertiary/aromatic N) is 2. The Hall–Kier alpha value is -2.13. The molecule has 0 unspecified atom stereocenters. The quantitative estimate of drug-likeness (QED) is 0.829. The molecule has 0 N–H and O–H groups in total. The third-order valence-corrected chi connectivity index (χ3v) is 6.54. The molecule has 1 saturated heterocycles. The Morgan fingerprint density at radius 1 is 0.731 bits per heavy atom. The lowest BCUT2D eigenvalue weighted by Crippen LogP contribution is -2.51. The van der Waals surface area contributed by atoms with E-state index >= 15 is 0 Å². The minimum absolute atomic E-state index is 0.315. The number of anilines is 1. The molecule has 134 valence electrons. The molecule has 0 aromatic heterocycles. The van der Waals surface area contributed by atoms with Crippen molar-refractivity contribution in [2.24, 2.45) is 0 Å². The van der Waals surface area contributed by atoms with Crippen LogP contribution in [-0.4, -0.2) is 36.0 Å². The van der Waals surface area contributed by atoms with Crippen LogP contribution in [0.5, 0.6) is 0 Å². The fraction of sp³-hybridized carbons (Fsp3) is 0.435. The van der Waals surface area contributed by atoms with E-state index in [2.05, 4.69) is 58.3 Å². The average Bonchev–Trinajstić information content (AvgIpc) is 3.12. The molecule has 1 amide bonds. The molecule has 0 bridgehead atoms. The van der Waals surface area contributed by atoms with Crippen molar-refractivity contribution >= 4 is 11.6 Å². The summed E-state index contributed by atoms with van der Waals surface area (Å²) in [4.78, 5) is 17.4. The number of rotatable bonds is 2. The summed E-state index contributed by atoms with van der Waals surface area (Å²) in [5.74, 6) is 0.315. The molecule has 3 heteroatoms. The number of para-hydroxylation sites is 1.